The number of halogens is 2. The molecule has 0 radical (unpaired) electrons. The molecule has 1 N–H and O–H groups in total. The second-order valence-corrected chi connectivity index (χ2v) is 5.59. The van der Waals surface area contributed by atoms with Crippen LogP contribution in [-0.4, -0.2) is 18.8 Å². The molecule has 2 aromatic rings. The zero-order valence-corrected chi connectivity index (χ0v) is 13.9. The number of aryl methyl sites for hydroxylation is 1. The van der Waals surface area contributed by atoms with Crippen LogP contribution >= 0.6 is 23.2 Å². The van der Waals surface area contributed by atoms with Crippen molar-refractivity contribution in [3.05, 3.63) is 57.6 Å². The molecule has 23 heavy (non-hydrogen) atoms. The molecule has 0 bridgehead atoms. The van der Waals surface area contributed by atoms with Crippen LogP contribution in [0.1, 0.15) is 22.8 Å². The SMILES string of the molecule is CCc1ccccc1NC(=O)COc1c(Cl)cc(C=O)cc1Cl. The second-order valence-electron chi connectivity index (χ2n) is 4.78. The first-order valence-electron chi connectivity index (χ1n) is 7.00. The smallest absolute Gasteiger partial charge is 0.262 e. The van der Waals surface area contributed by atoms with Gasteiger partial charge < -0.3 is 10.1 Å². The third-order valence-corrected chi connectivity index (χ3v) is 3.74. The van der Waals surface area contributed by atoms with Crippen LogP contribution in [0.15, 0.2) is 36.4 Å². The molecule has 0 saturated heterocycles. The summed E-state index contributed by atoms with van der Waals surface area (Å²) in [5.41, 5.74) is 2.12. The van der Waals surface area contributed by atoms with Crippen LogP contribution in [0.4, 0.5) is 5.69 Å². The van der Waals surface area contributed by atoms with Gasteiger partial charge in [-0.1, -0.05) is 48.3 Å². The van der Waals surface area contributed by atoms with E-state index in [0.717, 1.165) is 17.7 Å². The molecule has 2 aromatic carbocycles. The highest BCUT2D eigenvalue weighted by atomic mass is 35.5. The largest absolute Gasteiger partial charge is 0.481 e. The topological polar surface area (TPSA) is 55.4 Å². The maximum absolute atomic E-state index is 12.0. The van der Waals surface area contributed by atoms with Crippen molar-refractivity contribution in [1.29, 1.82) is 0 Å². The van der Waals surface area contributed by atoms with Crippen LogP contribution < -0.4 is 10.1 Å². The zero-order valence-electron chi connectivity index (χ0n) is 12.4. The normalized spacial score (nSPS) is 10.2. The fourth-order valence-electron chi connectivity index (χ4n) is 2.06. The number of hydrogen-bond acceptors (Lipinski definition) is 3. The first-order chi connectivity index (χ1) is 11.0. The summed E-state index contributed by atoms with van der Waals surface area (Å²) in [6, 6.07) is 10.4. The van der Waals surface area contributed by atoms with Crippen LogP contribution in [0.5, 0.6) is 5.75 Å². The van der Waals surface area contributed by atoms with Gasteiger partial charge in [0.15, 0.2) is 12.4 Å². The summed E-state index contributed by atoms with van der Waals surface area (Å²) in [6.07, 6.45) is 1.44. The maximum Gasteiger partial charge on any atom is 0.262 e. The van der Waals surface area contributed by atoms with Gasteiger partial charge >= 0.3 is 0 Å². The molecule has 6 heteroatoms. The van der Waals surface area contributed by atoms with E-state index < -0.39 is 0 Å². The molecule has 0 unspecified atom stereocenters. The molecule has 0 aliphatic rings. The standard InChI is InChI=1S/C17H15Cl2NO3/c1-2-12-5-3-4-6-15(12)20-16(22)10-23-17-13(18)7-11(9-21)8-14(17)19/h3-9H,2,10H2,1H3,(H,20,22). The number of rotatable bonds is 6. The van der Waals surface area contributed by atoms with E-state index in [1.807, 2.05) is 31.2 Å². The average molecular weight is 352 g/mol. The molecule has 0 fully saturated rings. The Bertz CT molecular complexity index is 709. The predicted molar refractivity (Wildman–Crippen MR) is 91.8 cm³/mol. The van der Waals surface area contributed by atoms with Gasteiger partial charge in [-0.3, -0.25) is 9.59 Å². The lowest BCUT2D eigenvalue weighted by Gasteiger charge is -2.12. The molecule has 0 spiro atoms. The van der Waals surface area contributed by atoms with E-state index in [2.05, 4.69) is 5.32 Å². The summed E-state index contributed by atoms with van der Waals surface area (Å²) >= 11 is 12.0. The molecule has 0 aromatic heterocycles. The summed E-state index contributed by atoms with van der Waals surface area (Å²) in [6.45, 7) is 1.77. The molecule has 0 saturated carbocycles. The summed E-state index contributed by atoms with van der Waals surface area (Å²) in [4.78, 5) is 22.8. The fraction of sp³-hybridized carbons (Fsp3) is 0.176. The first-order valence-corrected chi connectivity index (χ1v) is 7.75. The minimum atomic E-state index is -0.322. The Kier molecular flexibility index (Phi) is 6.02. The number of hydrogen-bond donors (Lipinski definition) is 1. The second kappa shape index (κ2) is 7.99. The number of para-hydroxylation sites is 1. The maximum atomic E-state index is 12.0. The first kappa shape index (κ1) is 17.3. The predicted octanol–water partition coefficient (Wildman–Crippen LogP) is 4.39. The van der Waals surface area contributed by atoms with Crippen molar-refractivity contribution < 1.29 is 14.3 Å². The molecule has 0 heterocycles. The molecule has 2 rings (SSSR count). The highest BCUT2D eigenvalue weighted by molar-refractivity contribution is 6.37. The quantitative estimate of drug-likeness (QED) is 0.785. The Hall–Kier alpha value is -2.04. The van der Waals surface area contributed by atoms with Crippen LogP contribution in [-0.2, 0) is 11.2 Å². The van der Waals surface area contributed by atoms with E-state index in [1.54, 1.807) is 0 Å². The number of ether oxygens (including phenoxy) is 1. The van der Waals surface area contributed by atoms with E-state index >= 15 is 0 Å². The molecule has 4 nitrogen and oxygen atoms in total. The molecular weight excluding hydrogens is 337 g/mol. The molecule has 120 valence electrons. The Morgan fingerprint density at radius 2 is 1.87 bits per heavy atom. The number of carbonyl (C=O) groups excluding carboxylic acids is 2. The average Bonchev–Trinajstić information content (AvgIpc) is 2.54. The molecule has 0 aliphatic heterocycles. The van der Waals surface area contributed by atoms with E-state index in [4.69, 9.17) is 27.9 Å². The van der Waals surface area contributed by atoms with Crippen LogP contribution in [0, 0.1) is 0 Å². The minimum Gasteiger partial charge on any atom is -0.481 e. The van der Waals surface area contributed by atoms with E-state index in [1.165, 1.54) is 12.1 Å². The van der Waals surface area contributed by atoms with Crippen molar-refractivity contribution in [1.82, 2.24) is 0 Å². The molecular formula is C17H15Cl2NO3. The van der Waals surface area contributed by atoms with Gasteiger partial charge in [0, 0.05) is 11.3 Å². The van der Waals surface area contributed by atoms with E-state index in [-0.39, 0.29) is 28.3 Å². The van der Waals surface area contributed by atoms with Crippen molar-refractivity contribution >= 4 is 41.1 Å². The number of carbonyl (C=O) groups is 2. The Balaban J connectivity index is 2.04. The fourth-order valence-corrected chi connectivity index (χ4v) is 2.67. The minimum absolute atomic E-state index is 0.179. The van der Waals surface area contributed by atoms with Crippen molar-refractivity contribution in [3.63, 3.8) is 0 Å². The molecule has 1 amide bonds. The molecule has 0 aliphatic carbocycles. The van der Waals surface area contributed by atoms with Crippen molar-refractivity contribution in [2.75, 3.05) is 11.9 Å². The van der Waals surface area contributed by atoms with Crippen LogP contribution in [0.3, 0.4) is 0 Å². The lowest BCUT2D eigenvalue weighted by Crippen LogP contribution is -2.21. The van der Waals surface area contributed by atoms with Gasteiger partial charge in [0.2, 0.25) is 0 Å². The van der Waals surface area contributed by atoms with Gasteiger partial charge in [-0.05, 0) is 30.2 Å². The van der Waals surface area contributed by atoms with Crippen molar-refractivity contribution in [3.8, 4) is 5.75 Å². The van der Waals surface area contributed by atoms with Gasteiger partial charge in [-0.2, -0.15) is 0 Å². The summed E-state index contributed by atoms with van der Waals surface area (Å²) in [5, 5.41) is 3.15. The summed E-state index contributed by atoms with van der Waals surface area (Å²) in [5.74, 6) is -0.143. The number of aldehydes is 1. The van der Waals surface area contributed by atoms with Crippen LogP contribution in [0.2, 0.25) is 10.0 Å². The number of anilines is 1. The monoisotopic (exact) mass is 351 g/mol. The van der Waals surface area contributed by atoms with Gasteiger partial charge in [-0.25, -0.2) is 0 Å². The third kappa shape index (κ3) is 4.47. The van der Waals surface area contributed by atoms with Gasteiger partial charge in [0.25, 0.3) is 5.91 Å². The van der Waals surface area contributed by atoms with Gasteiger partial charge in [-0.15, -0.1) is 0 Å². The number of amides is 1. The summed E-state index contributed by atoms with van der Waals surface area (Å²) in [7, 11) is 0. The van der Waals surface area contributed by atoms with E-state index in [9.17, 15) is 9.59 Å². The highest BCUT2D eigenvalue weighted by Gasteiger charge is 2.12. The lowest BCUT2D eigenvalue weighted by molar-refractivity contribution is -0.118. The van der Waals surface area contributed by atoms with Gasteiger partial charge in [0.05, 0.1) is 10.0 Å². The van der Waals surface area contributed by atoms with E-state index in [0.29, 0.717) is 11.8 Å². The number of benzene rings is 2. The highest BCUT2D eigenvalue weighted by Crippen LogP contribution is 2.33. The zero-order chi connectivity index (χ0) is 16.8. The summed E-state index contributed by atoms with van der Waals surface area (Å²) < 4.78 is 5.38. The lowest BCUT2D eigenvalue weighted by atomic mass is 10.1. The van der Waals surface area contributed by atoms with Gasteiger partial charge in [0.1, 0.15) is 6.29 Å². The van der Waals surface area contributed by atoms with Crippen molar-refractivity contribution in [2.24, 2.45) is 0 Å². The number of nitrogens with one attached hydrogen (secondary N) is 1. The van der Waals surface area contributed by atoms with Crippen LogP contribution in [0.25, 0.3) is 0 Å². The van der Waals surface area contributed by atoms with Crippen molar-refractivity contribution in [2.45, 2.75) is 13.3 Å². The Labute approximate surface area is 144 Å². The Morgan fingerprint density at radius 1 is 1.22 bits per heavy atom. The Morgan fingerprint density at radius 3 is 2.48 bits per heavy atom. The molecule has 0 atom stereocenters. The third-order valence-electron chi connectivity index (χ3n) is 3.18.